The molecule has 1 heterocycles. The minimum absolute atomic E-state index is 0.0620. The zero-order valence-corrected chi connectivity index (χ0v) is 14.9. The highest BCUT2D eigenvalue weighted by molar-refractivity contribution is 9.10. The van der Waals surface area contributed by atoms with Crippen LogP contribution in [0.3, 0.4) is 0 Å². The lowest BCUT2D eigenvalue weighted by atomic mass is 9.85. The molecule has 0 amide bonds. The van der Waals surface area contributed by atoms with Crippen LogP contribution in [0.25, 0.3) is 0 Å². The third kappa shape index (κ3) is 4.08. The summed E-state index contributed by atoms with van der Waals surface area (Å²) in [6.45, 7) is 13.7. The van der Waals surface area contributed by atoms with Gasteiger partial charge in [0.2, 0.25) is 0 Å². The molecule has 0 saturated carbocycles. The van der Waals surface area contributed by atoms with Crippen molar-refractivity contribution in [3.05, 3.63) is 21.0 Å². The number of hydrogen-bond donors (Lipinski definition) is 1. The lowest BCUT2D eigenvalue weighted by Crippen LogP contribution is -2.28. The van der Waals surface area contributed by atoms with Crippen molar-refractivity contribution in [2.24, 2.45) is 17.8 Å². The number of hydrogen-bond acceptors (Lipinski definition) is 3. The SMILES string of the molecule is CC(C)C(CNc1cnn(C(C)C)c(=O)c1Br)C(C)C. The van der Waals surface area contributed by atoms with Crippen molar-refractivity contribution < 1.29 is 0 Å². The molecule has 1 aromatic rings. The molecule has 4 nitrogen and oxygen atoms in total. The molecule has 0 aliphatic carbocycles. The van der Waals surface area contributed by atoms with E-state index in [0.717, 1.165) is 12.2 Å². The van der Waals surface area contributed by atoms with Crippen molar-refractivity contribution in [1.29, 1.82) is 0 Å². The summed E-state index contributed by atoms with van der Waals surface area (Å²) in [5.41, 5.74) is 0.689. The lowest BCUT2D eigenvalue weighted by molar-refractivity contribution is 0.304. The Morgan fingerprint density at radius 2 is 1.75 bits per heavy atom. The molecule has 0 radical (unpaired) electrons. The van der Waals surface area contributed by atoms with Gasteiger partial charge in [-0.05, 0) is 47.5 Å². The maximum Gasteiger partial charge on any atom is 0.283 e. The van der Waals surface area contributed by atoms with Crippen molar-refractivity contribution in [2.45, 2.75) is 47.6 Å². The average Bonchev–Trinajstić information content (AvgIpc) is 2.33. The Labute approximate surface area is 130 Å². The van der Waals surface area contributed by atoms with Crippen LogP contribution in [0.4, 0.5) is 5.69 Å². The predicted octanol–water partition coefficient (Wildman–Crippen LogP) is 3.93. The molecule has 1 N–H and O–H groups in total. The molecule has 0 atom stereocenters. The van der Waals surface area contributed by atoms with Crippen molar-refractivity contribution >= 4 is 21.6 Å². The second-order valence-corrected chi connectivity index (χ2v) is 7.04. The third-order valence-corrected chi connectivity index (χ3v) is 4.44. The Morgan fingerprint density at radius 3 is 2.20 bits per heavy atom. The van der Waals surface area contributed by atoms with Gasteiger partial charge in [0.15, 0.2) is 0 Å². The van der Waals surface area contributed by atoms with Crippen molar-refractivity contribution in [3.8, 4) is 0 Å². The van der Waals surface area contributed by atoms with E-state index in [1.807, 2.05) is 13.8 Å². The molecule has 0 aliphatic heterocycles. The zero-order valence-electron chi connectivity index (χ0n) is 13.3. The highest BCUT2D eigenvalue weighted by Gasteiger charge is 2.18. The van der Waals surface area contributed by atoms with E-state index in [1.165, 1.54) is 4.68 Å². The standard InChI is InChI=1S/C15H26BrN3O/c1-9(2)12(10(3)4)7-17-13-8-18-19(11(5)6)15(20)14(13)16/h8-12,17H,7H2,1-6H3. The van der Waals surface area contributed by atoms with Crippen LogP contribution in [-0.4, -0.2) is 16.3 Å². The van der Waals surface area contributed by atoms with Crippen LogP contribution in [-0.2, 0) is 0 Å². The second-order valence-electron chi connectivity index (χ2n) is 6.25. The minimum Gasteiger partial charge on any atom is -0.382 e. The Morgan fingerprint density at radius 1 is 1.20 bits per heavy atom. The van der Waals surface area contributed by atoms with E-state index in [-0.39, 0.29) is 11.6 Å². The molecule has 0 saturated heterocycles. The lowest BCUT2D eigenvalue weighted by Gasteiger charge is -2.25. The van der Waals surface area contributed by atoms with Crippen LogP contribution in [0.2, 0.25) is 0 Å². The monoisotopic (exact) mass is 343 g/mol. The Hall–Kier alpha value is -0.840. The summed E-state index contributed by atoms with van der Waals surface area (Å²) in [5, 5.41) is 7.58. The fraction of sp³-hybridized carbons (Fsp3) is 0.733. The molecule has 0 bridgehead atoms. The summed E-state index contributed by atoms with van der Waals surface area (Å²) >= 11 is 3.39. The molecule has 0 unspecified atom stereocenters. The minimum atomic E-state index is -0.0874. The molecule has 5 heteroatoms. The molecule has 0 aromatic carbocycles. The molecular weight excluding hydrogens is 318 g/mol. The van der Waals surface area contributed by atoms with Crippen LogP contribution in [0, 0.1) is 17.8 Å². The van der Waals surface area contributed by atoms with Gasteiger partial charge in [-0.25, -0.2) is 4.68 Å². The van der Waals surface area contributed by atoms with Crippen LogP contribution >= 0.6 is 15.9 Å². The van der Waals surface area contributed by atoms with Crippen molar-refractivity contribution in [3.63, 3.8) is 0 Å². The summed E-state index contributed by atoms with van der Waals surface area (Å²) in [4.78, 5) is 12.2. The van der Waals surface area contributed by atoms with E-state index >= 15 is 0 Å². The molecule has 20 heavy (non-hydrogen) atoms. The third-order valence-electron chi connectivity index (χ3n) is 3.67. The highest BCUT2D eigenvalue weighted by Crippen LogP contribution is 2.23. The van der Waals surface area contributed by atoms with E-state index in [2.05, 4.69) is 54.0 Å². The molecule has 0 spiro atoms. The van der Waals surface area contributed by atoms with Gasteiger partial charge in [0.25, 0.3) is 5.56 Å². The van der Waals surface area contributed by atoms with Gasteiger partial charge in [-0.3, -0.25) is 4.79 Å². The Kier molecular flexibility index (Phi) is 6.24. The Bertz CT molecular complexity index is 486. The summed E-state index contributed by atoms with van der Waals surface area (Å²) in [6, 6.07) is 0.0620. The van der Waals surface area contributed by atoms with Crippen molar-refractivity contribution in [2.75, 3.05) is 11.9 Å². The van der Waals surface area contributed by atoms with Crippen LogP contribution in [0.1, 0.15) is 47.6 Å². The number of halogens is 1. The number of rotatable bonds is 6. The summed E-state index contributed by atoms with van der Waals surface area (Å²) < 4.78 is 2.05. The predicted molar refractivity (Wildman–Crippen MR) is 88.2 cm³/mol. The van der Waals surface area contributed by atoms with Gasteiger partial charge in [0, 0.05) is 6.54 Å². The smallest absolute Gasteiger partial charge is 0.283 e. The molecule has 114 valence electrons. The van der Waals surface area contributed by atoms with Gasteiger partial charge in [-0.15, -0.1) is 0 Å². The summed E-state index contributed by atoms with van der Waals surface area (Å²) in [7, 11) is 0. The maximum atomic E-state index is 12.2. The van der Waals surface area contributed by atoms with Gasteiger partial charge in [0.1, 0.15) is 4.47 Å². The number of nitrogens with one attached hydrogen (secondary N) is 1. The van der Waals surface area contributed by atoms with E-state index in [9.17, 15) is 4.79 Å². The van der Waals surface area contributed by atoms with E-state index in [1.54, 1.807) is 6.20 Å². The summed E-state index contributed by atoms with van der Waals surface area (Å²) in [5.74, 6) is 1.77. The molecule has 0 aliphatic rings. The maximum absolute atomic E-state index is 12.2. The number of anilines is 1. The first-order chi connectivity index (χ1) is 9.25. The van der Waals surface area contributed by atoms with Crippen molar-refractivity contribution in [1.82, 2.24) is 9.78 Å². The highest BCUT2D eigenvalue weighted by atomic mass is 79.9. The normalized spacial score (nSPS) is 11.9. The van der Waals surface area contributed by atoms with Crippen LogP contribution in [0.15, 0.2) is 15.5 Å². The van der Waals surface area contributed by atoms with E-state index in [0.29, 0.717) is 22.2 Å². The fourth-order valence-corrected chi connectivity index (χ4v) is 2.83. The zero-order chi connectivity index (χ0) is 15.4. The van der Waals surface area contributed by atoms with E-state index < -0.39 is 0 Å². The molecule has 1 rings (SSSR count). The van der Waals surface area contributed by atoms with Gasteiger partial charge in [-0.1, -0.05) is 27.7 Å². The topological polar surface area (TPSA) is 46.9 Å². The Balaban J connectivity index is 2.89. The first kappa shape index (κ1) is 17.2. The quantitative estimate of drug-likeness (QED) is 0.851. The van der Waals surface area contributed by atoms with Crippen LogP contribution < -0.4 is 10.9 Å². The first-order valence-corrected chi connectivity index (χ1v) is 8.06. The molecule has 1 aromatic heterocycles. The summed E-state index contributed by atoms with van der Waals surface area (Å²) in [6.07, 6.45) is 1.73. The first-order valence-electron chi connectivity index (χ1n) is 7.26. The van der Waals surface area contributed by atoms with Crippen LogP contribution in [0.5, 0.6) is 0 Å². The average molecular weight is 344 g/mol. The van der Waals surface area contributed by atoms with Gasteiger partial charge in [0.05, 0.1) is 17.9 Å². The second kappa shape index (κ2) is 7.25. The molecular formula is C15H26BrN3O. The van der Waals surface area contributed by atoms with E-state index in [4.69, 9.17) is 0 Å². The van der Waals surface area contributed by atoms with Gasteiger partial charge < -0.3 is 5.32 Å². The number of aromatic nitrogens is 2. The number of nitrogens with zero attached hydrogens (tertiary/aromatic N) is 2. The van der Waals surface area contributed by atoms with Gasteiger partial charge in [-0.2, -0.15) is 5.10 Å². The molecule has 0 fully saturated rings. The van der Waals surface area contributed by atoms with Gasteiger partial charge >= 0.3 is 0 Å². The largest absolute Gasteiger partial charge is 0.382 e. The fourth-order valence-electron chi connectivity index (χ4n) is 2.40.